The summed E-state index contributed by atoms with van der Waals surface area (Å²) in [6.07, 6.45) is 1.06. The van der Waals surface area contributed by atoms with E-state index in [2.05, 4.69) is 4.98 Å². The van der Waals surface area contributed by atoms with Gasteiger partial charge in [-0.15, -0.1) is 0 Å². The Hall–Kier alpha value is -1.14. The van der Waals surface area contributed by atoms with Crippen molar-refractivity contribution in [3.63, 3.8) is 0 Å². The predicted octanol–water partition coefficient (Wildman–Crippen LogP) is 0.370. The Kier molecular flexibility index (Phi) is 3.35. The number of aliphatic hydroxyl groups excluding tert-OH is 1. The molecule has 1 aromatic heterocycles. The zero-order chi connectivity index (χ0) is 12.5. The van der Waals surface area contributed by atoms with Crippen molar-refractivity contribution in [1.29, 1.82) is 0 Å². The largest absolute Gasteiger partial charge is 0.389 e. The van der Waals surface area contributed by atoms with Crippen molar-refractivity contribution in [3.05, 3.63) is 23.9 Å². The fraction of sp³-hybridized carbons (Fsp3) is 0.545. The first kappa shape index (κ1) is 12.3. The van der Waals surface area contributed by atoms with Gasteiger partial charge in [0.05, 0.1) is 17.6 Å². The molecule has 94 valence electrons. The van der Waals surface area contributed by atoms with Crippen molar-refractivity contribution in [3.8, 4) is 0 Å². The lowest BCUT2D eigenvalue weighted by molar-refractivity contribution is 0.199. The Balaban J connectivity index is 2.24. The average Bonchev–Trinajstić information content (AvgIpc) is 2.29. The Morgan fingerprint density at radius 2 is 2.06 bits per heavy atom. The van der Waals surface area contributed by atoms with Gasteiger partial charge in [-0.25, -0.2) is 13.4 Å². The number of aliphatic hydroxyl groups is 1. The van der Waals surface area contributed by atoms with Gasteiger partial charge in [-0.2, -0.15) is 0 Å². The topological polar surface area (TPSA) is 70.5 Å². The third kappa shape index (κ3) is 2.76. The van der Waals surface area contributed by atoms with E-state index in [9.17, 15) is 13.5 Å². The standard InChI is InChI=1S/C11H16N2O3S/c1-9(14)10-3-2-4-12-11(10)13-5-7-17(15,16)8-6-13/h2-4,9,14H,5-8H2,1H3/t9-/m1/s1. The summed E-state index contributed by atoms with van der Waals surface area (Å²) in [7, 11) is -2.89. The minimum absolute atomic E-state index is 0.156. The summed E-state index contributed by atoms with van der Waals surface area (Å²) < 4.78 is 22.7. The van der Waals surface area contributed by atoms with Crippen LogP contribution in [0.3, 0.4) is 0 Å². The van der Waals surface area contributed by atoms with E-state index >= 15 is 0 Å². The smallest absolute Gasteiger partial charge is 0.153 e. The van der Waals surface area contributed by atoms with Crippen LogP contribution in [0.15, 0.2) is 18.3 Å². The fourth-order valence-corrected chi connectivity index (χ4v) is 3.13. The summed E-state index contributed by atoms with van der Waals surface area (Å²) in [6.45, 7) is 2.57. The number of anilines is 1. The molecule has 6 heteroatoms. The zero-order valence-corrected chi connectivity index (χ0v) is 10.5. The number of nitrogens with zero attached hydrogens (tertiary/aromatic N) is 2. The van der Waals surface area contributed by atoms with Crippen molar-refractivity contribution < 1.29 is 13.5 Å². The lowest BCUT2D eigenvalue weighted by Crippen LogP contribution is -2.41. The van der Waals surface area contributed by atoms with Gasteiger partial charge in [0.25, 0.3) is 0 Å². The molecule has 0 spiro atoms. The van der Waals surface area contributed by atoms with Crippen LogP contribution in [0.1, 0.15) is 18.6 Å². The second kappa shape index (κ2) is 4.62. The quantitative estimate of drug-likeness (QED) is 0.828. The van der Waals surface area contributed by atoms with Crippen molar-refractivity contribution in [1.82, 2.24) is 4.98 Å². The third-order valence-corrected chi connectivity index (χ3v) is 4.52. The number of hydrogen-bond donors (Lipinski definition) is 1. The number of aromatic nitrogens is 1. The highest BCUT2D eigenvalue weighted by atomic mass is 32.2. The van der Waals surface area contributed by atoms with Crippen LogP contribution in [0.5, 0.6) is 0 Å². The molecule has 1 fully saturated rings. The van der Waals surface area contributed by atoms with Crippen LogP contribution in [0.25, 0.3) is 0 Å². The summed E-state index contributed by atoms with van der Waals surface area (Å²) in [5.74, 6) is 1.00. The number of hydrogen-bond acceptors (Lipinski definition) is 5. The van der Waals surface area contributed by atoms with Crippen LogP contribution in [0.4, 0.5) is 5.82 Å². The van der Waals surface area contributed by atoms with Gasteiger partial charge in [-0.3, -0.25) is 0 Å². The summed E-state index contributed by atoms with van der Waals surface area (Å²) in [5, 5.41) is 9.65. The van der Waals surface area contributed by atoms with Gasteiger partial charge >= 0.3 is 0 Å². The Morgan fingerprint density at radius 1 is 1.41 bits per heavy atom. The van der Waals surface area contributed by atoms with E-state index in [1.165, 1.54) is 0 Å². The minimum Gasteiger partial charge on any atom is -0.389 e. The molecule has 0 saturated carbocycles. The van der Waals surface area contributed by atoms with E-state index in [1.54, 1.807) is 19.2 Å². The highest BCUT2D eigenvalue weighted by Gasteiger charge is 2.24. The highest BCUT2D eigenvalue weighted by molar-refractivity contribution is 7.91. The van der Waals surface area contributed by atoms with Gasteiger partial charge in [0, 0.05) is 24.8 Å². The molecule has 1 saturated heterocycles. The molecule has 0 unspecified atom stereocenters. The van der Waals surface area contributed by atoms with Gasteiger partial charge in [0.2, 0.25) is 0 Å². The molecule has 17 heavy (non-hydrogen) atoms. The molecule has 0 bridgehead atoms. The van der Waals surface area contributed by atoms with Crippen LogP contribution in [-0.4, -0.2) is 43.1 Å². The van der Waals surface area contributed by atoms with E-state index in [1.807, 2.05) is 11.0 Å². The van der Waals surface area contributed by atoms with Crippen molar-refractivity contribution in [2.24, 2.45) is 0 Å². The summed E-state index contributed by atoms with van der Waals surface area (Å²) in [4.78, 5) is 6.16. The maximum absolute atomic E-state index is 11.3. The van der Waals surface area contributed by atoms with E-state index in [4.69, 9.17) is 0 Å². The maximum atomic E-state index is 11.3. The van der Waals surface area contributed by atoms with Crippen molar-refractivity contribution >= 4 is 15.7 Å². The molecule has 1 atom stereocenters. The van der Waals surface area contributed by atoms with Crippen LogP contribution in [0, 0.1) is 0 Å². The second-order valence-electron chi connectivity index (χ2n) is 4.23. The summed E-state index contributed by atoms with van der Waals surface area (Å²) >= 11 is 0. The van der Waals surface area contributed by atoms with Crippen LogP contribution in [0.2, 0.25) is 0 Å². The Morgan fingerprint density at radius 3 is 2.65 bits per heavy atom. The molecular weight excluding hydrogens is 240 g/mol. The van der Waals surface area contributed by atoms with Crippen LogP contribution in [-0.2, 0) is 9.84 Å². The molecule has 1 aromatic rings. The first-order valence-electron chi connectivity index (χ1n) is 5.58. The fourth-order valence-electron chi connectivity index (χ4n) is 1.92. The highest BCUT2D eigenvalue weighted by Crippen LogP contribution is 2.24. The number of rotatable bonds is 2. The number of pyridine rings is 1. The van der Waals surface area contributed by atoms with Crippen molar-refractivity contribution in [2.75, 3.05) is 29.5 Å². The summed E-state index contributed by atoms with van der Waals surface area (Å²) in [6, 6.07) is 3.59. The SMILES string of the molecule is C[C@@H](O)c1cccnc1N1CCS(=O)(=O)CC1. The molecule has 5 nitrogen and oxygen atoms in total. The molecule has 1 aliphatic rings. The molecule has 1 aliphatic heterocycles. The molecule has 0 amide bonds. The first-order chi connectivity index (χ1) is 7.99. The van der Waals surface area contributed by atoms with Gasteiger partial charge in [0.15, 0.2) is 9.84 Å². The van der Waals surface area contributed by atoms with Crippen LogP contribution < -0.4 is 4.90 Å². The lowest BCUT2D eigenvalue weighted by Gasteiger charge is -2.29. The van der Waals surface area contributed by atoms with Gasteiger partial charge in [-0.05, 0) is 13.0 Å². The molecule has 2 rings (SSSR count). The van der Waals surface area contributed by atoms with Crippen molar-refractivity contribution in [2.45, 2.75) is 13.0 Å². The average molecular weight is 256 g/mol. The Bertz CT molecular complexity index is 485. The predicted molar refractivity (Wildman–Crippen MR) is 65.7 cm³/mol. The van der Waals surface area contributed by atoms with E-state index in [-0.39, 0.29) is 11.5 Å². The van der Waals surface area contributed by atoms with Crippen LogP contribution >= 0.6 is 0 Å². The molecule has 0 radical (unpaired) electrons. The number of sulfone groups is 1. The normalized spacial score (nSPS) is 21.2. The molecule has 2 heterocycles. The first-order valence-corrected chi connectivity index (χ1v) is 7.40. The Labute approximate surface area is 101 Å². The second-order valence-corrected chi connectivity index (χ2v) is 6.53. The van der Waals surface area contributed by atoms with Gasteiger partial charge in [0.1, 0.15) is 5.82 Å². The lowest BCUT2D eigenvalue weighted by atomic mass is 10.1. The van der Waals surface area contributed by atoms with E-state index < -0.39 is 15.9 Å². The molecule has 0 aliphatic carbocycles. The monoisotopic (exact) mass is 256 g/mol. The molecule has 0 aromatic carbocycles. The van der Waals surface area contributed by atoms with Gasteiger partial charge in [-0.1, -0.05) is 6.07 Å². The van der Waals surface area contributed by atoms with E-state index in [0.717, 1.165) is 5.56 Å². The maximum Gasteiger partial charge on any atom is 0.153 e. The third-order valence-electron chi connectivity index (χ3n) is 2.91. The van der Waals surface area contributed by atoms with E-state index in [0.29, 0.717) is 18.9 Å². The van der Waals surface area contributed by atoms with Gasteiger partial charge < -0.3 is 10.0 Å². The molecular formula is C11H16N2O3S. The summed E-state index contributed by atoms with van der Waals surface area (Å²) in [5.41, 5.74) is 0.742. The zero-order valence-electron chi connectivity index (χ0n) is 9.70. The molecule has 1 N–H and O–H groups in total. The minimum atomic E-state index is -2.89.